The predicted molar refractivity (Wildman–Crippen MR) is 79.1 cm³/mol. The average molecular weight is 266 g/mol. The Morgan fingerprint density at radius 1 is 1.33 bits per heavy atom. The van der Waals surface area contributed by atoms with E-state index in [1.807, 2.05) is 44.4 Å². The van der Waals surface area contributed by atoms with Crippen LogP contribution in [0, 0.1) is 0 Å². The Morgan fingerprint density at radius 3 is 2.50 bits per heavy atom. The van der Waals surface area contributed by atoms with Crippen molar-refractivity contribution in [1.29, 1.82) is 0 Å². The van der Waals surface area contributed by atoms with E-state index in [1.165, 1.54) is 0 Å². The maximum absolute atomic E-state index is 11.9. The molecule has 0 saturated carbocycles. The third-order valence-electron chi connectivity index (χ3n) is 3.03. The van der Waals surface area contributed by atoms with E-state index in [-0.39, 0.29) is 11.2 Å². The second-order valence-corrected chi connectivity index (χ2v) is 5.39. The fourth-order valence-electron chi connectivity index (χ4n) is 1.48. The van der Waals surface area contributed by atoms with Crippen molar-refractivity contribution in [3.05, 3.63) is 35.9 Å². The summed E-state index contributed by atoms with van der Waals surface area (Å²) < 4.78 is 0. The lowest BCUT2D eigenvalue weighted by Gasteiger charge is -2.21. The van der Waals surface area contributed by atoms with Crippen molar-refractivity contribution < 1.29 is 4.79 Å². The van der Waals surface area contributed by atoms with E-state index in [4.69, 9.17) is 0 Å². The zero-order valence-corrected chi connectivity index (χ0v) is 12.2. The summed E-state index contributed by atoms with van der Waals surface area (Å²) in [5.74, 6) is -0.00381. The SMILES string of the molecule is CC(CNC(=O)C(S)Cc1ccccc1)N(C)C. The van der Waals surface area contributed by atoms with E-state index < -0.39 is 0 Å². The zero-order chi connectivity index (χ0) is 13.5. The Hall–Kier alpha value is -1.00. The molecule has 0 aliphatic heterocycles. The van der Waals surface area contributed by atoms with Crippen LogP contribution >= 0.6 is 12.6 Å². The van der Waals surface area contributed by atoms with Crippen LogP contribution in [0.4, 0.5) is 0 Å². The van der Waals surface area contributed by atoms with E-state index in [0.29, 0.717) is 19.0 Å². The van der Waals surface area contributed by atoms with Crippen LogP contribution in [0.2, 0.25) is 0 Å². The average Bonchev–Trinajstić information content (AvgIpc) is 2.36. The van der Waals surface area contributed by atoms with Crippen molar-refractivity contribution in [1.82, 2.24) is 10.2 Å². The number of hydrogen-bond acceptors (Lipinski definition) is 3. The number of amides is 1. The highest BCUT2D eigenvalue weighted by molar-refractivity contribution is 7.81. The van der Waals surface area contributed by atoms with Gasteiger partial charge in [-0.15, -0.1) is 0 Å². The minimum absolute atomic E-state index is 0.00381. The fraction of sp³-hybridized carbons (Fsp3) is 0.500. The molecule has 0 aliphatic rings. The molecule has 1 N–H and O–H groups in total. The number of carbonyl (C=O) groups excluding carboxylic acids is 1. The van der Waals surface area contributed by atoms with Gasteiger partial charge >= 0.3 is 0 Å². The first kappa shape index (κ1) is 15.1. The maximum Gasteiger partial charge on any atom is 0.233 e. The molecule has 0 fully saturated rings. The van der Waals surface area contributed by atoms with E-state index in [9.17, 15) is 4.79 Å². The van der Waals surface area contributed by atoms with Gasteiger partial charge < -0.3 is 10.2 Å². The van der Waals surface area contributed by atoms with Gasteiger partial charge in [0, 0.05) is 12.6 Å². The number of benzene rings is 1. The van der Waals surface area contributed by atoms with Gasteiger partial charge in [-0.3, -0.25) is 4.79 Å². The summed E-state index contributed by atoms with van der Waals surface area (Å²) in [4.78, 5) is 13.9. The first-order valence-corrected chi connectivity index (χ1v) is 6.68. The van der Waals surface area contributed by atoms with Gasteiger partial charge in [0.05, 0.1) is 5.25 Å². The molecular weight excluding hydrogens is 244 g/mol. The summed E-state index contributed by atoms with van der Waals surface area (Å²) >= 11 is 4.36. The van der Waals surface area contributed by atoms with Crippen LogP contribution in [-0.2, 0) is 11.2 Å². The minimum Gasteiger partial charge on any atom is -0.354 e. The van der Waals surface area contributed by atoms with Gasteiger partial charge in [0.15, 0.2) is 0 Å². The van der Waals surface area contributed by atoms with Crippen molar-refractivity contribution in [3.8, 4) is 0 Å². The lowest BCUT2D eigenvalue weighted by molar-refractivity contribution is -0.120. The quantitative estimate of drug-likeness (QED) is 0.767. The van der Waals surface area contributed by atoms with Crippen LogP contribution in [0.3, 0.4) is 0 Å². The number of hydrogen-bond donors (Lipinski definition) is 2. The lowest BCUT2D eigenvalue weighted by atomic mass is 10.1. The molecule has 0 radical (unpaired) electrons. The van der Waals surface area contributed by atoms with Crippen molar-refractivity contribution in [2.45, 2.75) is 24.6 Å². The summed E-state index contributed by atoms with van der Waals surface area (Å²) in [5.41, 5.74) is 1.13. The van der Waals surface area contributed by atoms with Gasteiger partial charge in [0.2, 0.25) is 5.91 Å². The third kappa shape index (κ3) is 5.10. The van der Waals surface area contributed by atoms with Crippen LogP contribution in [0.1, 0.15) is 12.5 Å². The van der Waals surface area contributed by atoms with Crippen molar-refractivity contribution in [3.63, 3.8) is 0 Å². The van der Waals surface area contributed by atoms with Crippen molar-refractivity contribution >= 4 is 18.5 Å². The maximum atomic E-state index is 11.9. The van der Waals surface area contributed by atoms with Crippen molar-refractivity contribution in [2.75, 3.05) is 20.6 Å². The van der Waals surface area contributed by atoms with Gasteiger partial charge in [-0.1, -0.05) is 30.3 Å². The number of likely N-dealkylation sites (N-methyl/N-ethyl adjacent to an activating group) is 1. The summed E-state index contributed by atoms with van der Waals surface area (Å²) in [6, 6.07) is 10.3. The van der Waals surface area contributed by atoms with Gasteiger partial charge in [-0.25, -0.2) is 0 Å². The molecule has 1 aromatic rings. The Labute approximate surface area is 115 Å². The number of nitrogens with one attached hydrogen (secondary N) is 1. The zero-order valence-electron chi connectivity index (χ0n) is 11.3. The molecule has 0 spiro atoms. The second kappa shape index (κ2) is 7.44. The molecule has 0 bridgehead atoms. The molecular formula is C14H22N2OS. The monoisotopic (exact) mass is 266 g/mol. The standard InChI is InChI=1S/C14H22N2OS/c1-11(16(2)3)10-15-14(17)13(18)9-12-7-5-4-6-8-12/h4-8,11,13,18H,9-10H2,1-3H3,(H,15,17). The molecule has 1 amide bonds. The molecule has 100 valence electrons. The molecule has 0 aromatic heterocycles. The molecule has 4 heteroatoms. The molecule has 0 heterocycles. The topological polar surface area (TPSA) is 32.3 Å². The summed E-state index contributed by atoms with van der Waals surface area (Å²) in [6.07, 6.45) is 0.659. The Kier molecular flexibility index (Phi) is 6.22. The molecule has 2 atom stereocenters. The smallest absolute Gasteiger partial charge is 0.233 e. The van der Waals surface area contributed by atoms with Gasteiger partial charge in [-0.05, 0) is 33.0 Å². The molecule has 0 aliphatic carbocycles. The lowest BCUT2D eigenvalue weighted by Crippen LogP contribution is -2.41. The highest BCUT2D eigenvalue weighted by Crippen LogP contribution is 2.07. The highest BCUT2D eigenvalue weighted by atomic mass is 32.1. The Morgan fingerprint density at radius 2 is 1.94 bits per heavy atom. The summed E-state index contributed by atoms with van der Waals surface area (Å²) in [6.45, 7) is 2.72. The molecule has 1 aromatic carbocycles. The molecule has 18 heavy (non-hydrogen) atoms. The van der Waals surface area contributed by atoms with Gasteiger partial charge in [0.25, 0.3) is 0 Å². The van der Waals surface area contributed by atoms with E-state index in [2.05, 4.69) is 29.8 Å². The number of nitrogens with zero attached hydrogens (tertiary/aromatic N) is 1. The van der Waals surface area contributed by atoms with Crippen LogP contribution in [-0.4, -0.2) is 42.7 Å². The van der Waals surface area contributed by atoms with E-state index in [0.717, 1.165) is 5.56 Å². The first-order chi connectivity index (χ1) is 8.50. The number of carbonyl (C=O) groups is 1. The number of rotatable bonds is 6. The molecule has 3 nitrogen and oxygen atoms in total. The Balaban J connectivity index is 2.38. The van der Waals surface area contributed by atoms with Crippen molar-refractivity contribution in [2.24, 2.45) is 0 Å². The molecule has 2 unspecified atom stereocenters. The van der Waals surface area contributed by atoms with Gasteiger partial charge in [-0.2, -0.15) is 12.6 Å². The largest absolute Gasteiger partial charge is 0.354 e. The molecule has 1 rings (SSSR count). The third-order valence-corrected chi connectivity index (χ3v) is 3.44. The highest BCUT2D eigenvalue weighted by Gasteiger charge is 2.15. The van der Waals surface area contributed by atoms with E-state index in [1.54, 1.807) is 0 Å². The van der Waals surface area contributed by atoms with Crippen LogP contribution in [0.5, 0.6) is 0 Å². The van der Waals surface area contributed by atoms with Crippen LogP contribution < -0.4 is 5.32 Å². The normalized spacial score (nSPS) is 14.3. The van der Waals surface area contributed by atoms with E-state index >= 15 is 0 Å². The van der Waals surface area contributed by atoms with Gasteiger partial charge in [0.1, 0.15) is 0 Å². The Bertz CT molecular complexity index is 367. The summed E-state index contributed by atoms with van der Waals surface area (Å²) in [7, 11) is 4.00. The molecule has 0 saturated heterocycles. The van der Waals surface area contributed by atoms with Crippen LogP contribution in [0.25, 0.3) is 0 Å². The van der Waals surface area contributed by atoms with Crippen LogP contribution in [0.15, 0.2) is 30.3 Å². The minimum atomic E-state index is -0.290. The predicted octanol–water partition coefficient (Wildman–Crippen LogP) is 1.59. The fourth-order valence-corrected chi connectivity index (χ4v) is 1.78. The second-order valence-electron chi connectivity index (χ2n) is 4.76. The summed E-state index contributed by atoms with van der Waals surface area (Å²) in [5, 5.41) is 2.64. The first-order valence-electron chi connectivity index (χ1n) is 6.17. The number of thiol groups is 1.